The molecule has 0 saturated carbocycles. The molecular weight excluding hydrogens is 1100 g/mol. The zero-order valence-corrected chi connectivity index (χ0v) is 43.4. The summed E-state index contributed by atoms with van der Waals surface area (Å²) >= 11 is 1.75. The van der Waals surface area contributed by atoms with Gasteiger partial charge in [-0.25, -0.2) is 4.67 Å². The molecule has 0 N–H and O–H groups in total. The Hall–Kier alpha value is -5.50. The van der Waals surface area contributed by atoms with Crippen LogP contribution >= 0.6 is 17.7 Å². The third-order valence-corrected chi connectivity index (χ3v) is 16.7. The van der Waals surface area contributed by atoms with E-state index in [0.717, 1.165) is 84.6 Å². The van der Waals surface area contributed by atoms with Gasteiger partial charge in [-0.15, -0.1) is 0 Å². The normalized spacial score (nSPS) is 20.4. The predicted molar refractivity (Wildman–Crippen MR) is 288 cm³/mol. The van der Waals surface area contributed by atoms with Gasteiger partial charge in [-0.3, -0.25) is 0 Å². The fourth-order valence-corrected chi connectivity index (χ4v) is 13.9. The van der Waals surface area contributed by atoms with Gasteiger partial charge < -0.3 is 18.5 Å². The molecule has 2 aliphatic heterocycles. The van der Waals surface area contributed by atoms with Gasteiger partial charge in [-0.1, -0.05) is 206 Å². The monoisotopic (exact) mass is 1150 g/mol. The summed E-state index contributed by atoms with van der Waals surface area (Å²) in [6, 6.07) is 83.2. The van der Waals surface area contributed by atoms with Gasteiger partial charge in [-0.05, 0) is 120 Å². The molecule has 0 bridgehead atoms. The van der Waals surface area contributed by atoms with Gasteiger partial charge in [0.15, 0.2) is 11.2 Å². The summed E-state index contributed by atoms with van der Waals surface area (Å²) in [5.74, 6) is 0. The summed E-state index contributed by atoms with van der Waals surface area (Å²) < 4.78 is 34.0. The van der Waals surface area contributed by atoms with Crippen molar-refractivity contribution in [3.63, 3.8) is 0 Å². The fraction of sp³-hybridized carbons (Fsp3) is 0.175. The zero-order chi connectivity index (χ0) is 48.4. The van der Waals surface area contributed by atoms with Crippen molar-refractivity contribution >= 4 is 60.8 Å². The molecule has 0 aliphatic carbocycles. The van der Waals surface area contributed by atoms with Gasteiger partial charge in [0.05, 0.1) is 0 Å². The molecule has 71 heavy (non-hydrogen) atoms. The number of fused-ring (bicyclic) bond motifs is 4. The van der Waals surface area contributed by atoms with Crippen LogP contribution in [0.5, 0.6) is 0 Å². The molecule has 10 aromatic rings. The minimum absolute atomic E-state index is 0.0480. The third kappa shape index (κ3) is 8.67. The van der Waals surface area contributed by atoms with E-state index in [0.29, 0.717) is 0 Å². The van der Waals surface area contributed by atoms with E-state index in [1.807, 2.05) is 14.2 Å². The number of piperidine rings is 1. The van der Waals surface area contributed by atoms with Crippen LogP contribution in [0.15, 0.2) is 231 Å². The Labute approximate surface area is 434 Å². The van der Waals surface area contributed by atoms with Gasteiger partial charge >= 0.3 is 29.2 Å². The van der Waals surface area contributed by atoms with Gasteiger partial charge in [0.1, 0.15) is 12.2 Å². The first-order valence-electron chi connectivity index (χ1n) is 24.3. The van der Waals surface area contributed by atoms with E-state index >= 15 is 0 Å². The molecule has 0 unspecified atom stereocenters. The van der Waals surface area contributed by atoms with Crippen molar-refractivity contribution in [1.29, 1.82) is 0 Å². The van der Waals surface area contributed by atoms with Crippen molar-refractivity contribution in [2.24, 2.45) is 0 Å². The van der Waals surface area contributed by atoms with Crippen molar-refractivity contribution in [2.75, 3.05) is 14.2 Å². The van der Waals surface area contributed by atoms with Crippen molar-refractivity contribution in [3.8, 4) is 0 Å². The summed E-state index contributed by atoms with van der Waals surface area (Å²) in [4.78, 5) is 0. The molecule has 8 heteroatoms. The minimum atomic E-state index is -2.08. The average molecular weight is 1150 g/mol. The number of methoxy groups -OCH3 is 2. The van der Waals surface area contributed by atoms with Crippen LogP contribution in [0.2, 0.25) is 0 Å². The fourth-order valence-electron chi connectivity index (χ4n) is 11.6. The van der Waals surface area contributed by atoms with Crippen LogP contribution in [0.25, 0.3) is 43.1 Å². The first-order valence-corrected chi connectivity index (χ1v) is 28.1. The Morgan fingerprint density at radius 2 is 0.690 bits per heavy atom. The number of hydrogen-bond acceptors (Lipinski definition) is 5. The maximum atomic E-state index is 8.48. The molecule has 2 heterocycles. The van der Waals surface area contributed by atoms with Crippen molar-refractivity contribution < 1.29 is 38.5 Å². The molecule has 0 spiro atoms. The van der Waals surface area contributed by atoms with Crippen LogP contribution in [0.3, 0.4) is 0 Å². The topological polar surface area (TPSA) is 40.2 Å². The first kappa shape index (κ1) is 47.8. The zero-order valence-electron chi connectivity index (χ0n) is 39.6. The van der Waals surface area contributed by atoms with Crippen LogP contribution in [0, 0.1) is 0 Å². The number of ether oxygens (including phenoxy) is 2. The van der Waals surface area contributed by atoms with Crippen LogP contribution in [0.1, 0.15) is 64.7 Å². The third-order valence-electron chi connectivity index (χ3n) is 14.9. The SMILES string of the molecule is CO[C@@H]1[C@@H](OC)C(c2ccc3ccccc3c2)(c2ccc3ccccc3c2)OP(N2[C@@H](c3ccccc3)CCC[C@@H]2c2ccccc2)OC1(c1ccc2ccccc2c1)c1ccc2ccccc2c1.[Cl][Au]. The maximum absolute atomic E-state index is 8.48. The van der Waals surface area contributed by atoms with E-state index in [1.54, 1.807) is 20.0 Å². The van der Waals surface area contributed by atoms with Gasteiger partial charge in [0.2, 0.25) is 0 Å². The molecule has 2 saturated heterocycles. The number of halogens is 1. The number of benzene rings is 10. The Balaban J connectivity index is 0.00000270. The average Bonchev–Trinajstić information content (AvgIpc) is 3.59. The molecule has 0 amide bonds. The molecule has 0 aromatic heterocycles. The summed E-state index contributed by atoms with van der Waals surface area (Å²) in [6.45, 7) is 0. The second kappa shape index (κ2) is 20.9. The quantitative estimate of drug-likeness (QED) is 0.106. The summed E-state index contributed by atoms with van der Waals surface area (Å²) in [5.41, 5.74) is 3.69. The van der Waals surface area contributed by atoms with E-state index in [-0.39, 0.29) is 12.1 Å². The number of rotatable bonds is 9. The number of nitrogens with zero attached hydrogens (tertiary/aromatic N) is 1. The summed E-state index contributed by atoms with van der Waals surface area (Å²) in [7, 11) is 6.14. The molecule has 358 valence electrons. The molecule has 10 aromatic carbocycles. The second-order valence-electron chi connectivity index (χ2n) is 18.6. The standard InChI is InChI=1S/C63H54NO4P.Au.ClH/c1-65-60-61(66-2)63(56-38-34-46-20-11-15-28-52(46)42-56,57-39-35-47-21-12-16-29-53(47)43-57)68-69(64-58(48-22-5-3-6-23-48)30-17-31-59(64)49-24-7-4-8-25-49)67-62(60,54-36-32-44-18-9-13-26-50(44)40-54)55-37-33-45-19-10-14-27-51(45)41-55;;/h3-16,18-29,32-43,58-61H,17,30-31H2,1-2H3;;1H/q;+1;/p-1/t58-,59-,60-,61-;;/m1../s1. The Bertz CT molecular complexity index is 3070. The van der Waals surface area contributed by atoms with Crippen molar-refractivity contribution in [3.05, 3.63) is 264 Å². The van der Waals surface area contributed by atoms with Crippen LogP contribution in [0.4, 0.5) is 0 Å². The van der Waals surface area contributed by atoms with Crippen molar-refractivity contribution in [1.82, 2.24) is 4.67 Å². The summed E-state index contributed by atoms with van der Waals surface area (Å²) in [5, 5.41) is 9.00. The molecule has 0 radical (unpaired) electrons. The van der Waals surface area contributed by atoms with Crippen LogP contribution in [-0.2, 0) is 49.7 Å². The molecule has 5 nitrogen and oxygen atoms in total. The molecule has 2 fully saturated rings. The van der Waals surface area contributed by atoms with E-state index in [1.165, 1.54) is 11.1 Å². The Morgan fingerprint density at radius 3 is 0.986 bits per heavy atom. The number of hydrogen-bond donors (Lipinski definition) is 0. The van der Waals surface area contributed by atoms with E-state index < -0.39 is 31.9 Å². The van der Waals surface area contributed by atoms with E-state index in [2.05, 4.69) is 244 Å². The van der Waals surface area contributed by atoms with E-state index in [9.17, 15) is 0 Å². The van der Waals surface area contributed by atoms with Gasteiger partial charge in [0.25, 0.3) is 8.53 Å². The Morgan fingerprint density at radius 1 is 0.408 bits per heavy atom. The van der Waals surface area contributed by atoms with E-state index in [4.69, 9.17) is 18.5 Å². The van der Waals surface area contributed by atoms with Crippen LogP contribution in [-0.4, -0.2) is 31.1 Å². The van der Waals surface area contributed by atoms with Gasteiger partial charge in [0, 0.05) is 26.3 Å². The van der Waals surface area contributed by atoms with Crippen molar-refractivity contribution in [2.45, 2.75) is 54.8 Å². The first-order chi connectivity index (χ1) is 35.1. The second-order valence-corrected chi connectivity index (χ2v) is 19.9. The molecular formula is C63H54AuClNO4P. The van der Waals surface area contributed by atoms with Gasteiger partial charge in [-0.2, -0.15) is 0 Å². The molecule has 2 aliphatic rings. The van der Waals surface area contributed by atoms with Crippen LogP contribution < -0.4 is 0 Å². The molecule has 12 rings (SSSR count). The predicted octanol–water partition coefficient (Wildman–Crippen LogP) is 16.4. The Kier molecular flexibility index (Phi) is 14.1. The summed E-state index contributed by atoms with van der Waals surface area (Å²) in [6.07, 6.45) is 1.33. The molecule has 4 atom stereocenters.